The van der Waals surface area contributed by atoms with Crippen LogP contribution in [0.5, 0.6) is 0 Å². The number of benzene rings is 1. The molecular weight excluding hydrogens is 300 g/mol. The van der Waals surface area contributed by atoms with Crippen LogP contribution in [0.25, 0.3) is 21.3 Å². The summed E-state index contributed by atoms with van der Waals surface area (Å²) in [5, 5.41) is 11.3. The first kappa shape index (κ1) is 14.5. The van der Waals surface area contributed by atoms with Gasteiger partial charge in [0, 0.05) is 10.9 Å². The Morgan fingerprint density at radius 3 is 2.77 bits per heavy atom. The number of rotatable bonds is 3. The van der Waals surface area contributed by atoms with E-state index in [1.807, 2.05) is 31.4 Å². The highest BCUT2D eigenvalue weighted by molar-refractivity contribution is 7.17. The van der Waals surface area contributed by atoms with Crippen LogP contribution in [-0.2, 0) is 11.3 Å². The molecule has 0 aliphatic heterocycles. The third-order valence-corrected chi connectivity index (χ3v) is 4.42. The standard InChI is InChI=1S/C16H14N2O3S/c1-9-3-4-11(10(2)5-9)12-7-22-15-14(12)16(21)18(8-17-15)6-13(19)20/h3-5,7-8H,6H2,1-2H3,(H,19,20). The van der Waals surface area contributed by atoms with Gasteiger partial charge in [-0.3, -0.25) is 14.2 Å². The van der Waals surface area contributed by atoms with Gasteiger partial charge in [-0.1, -0.05) is 23.8 Å². The summed E-state index contributed by atoms with van der Waals surface area (Å²) < 4.78 is 1.13. The molecule has 22 heavy (non-hydrogen) atoms. The SMILES string of the molecule is Cc1ccc(-c2csc3ncn(CC(=O)O)c(=O)c23)c(C)c1. The van der Waals surface area contributed by atoms with Crippen LogP contribution in [0.2, 0.25) is 0 Å². The number of nitrogens with zero attached hydrogens (tertiary/aromatic N) is 2. The van der Waals surface area contributed by atoms with Crippen LogP contribution < -0.4 is 5.56 Å². The Labute approximate surface area is 130 Å². The zero-order valence-corrected chi connectivity index (χ0v) is 13.0. The van der Waals surface area contributed by atoms with Crippen molar-refractivity contribution in [3.05, 3.63) is 51.4 Å². The van der Waals surface area contributed by atoms with Crippen molar-refractivity contribution in [3.8, 4) is 11.1 Å². The second-order valence-electron chi connectivity index (χ2n) is 5.22. The maximum atomic E-state index is 12.6. The Bertz CT molecular complexity index is 940. The smallest absolute Gasteiger partial charge is 0.323 e. The zero-order valence-electron chi connectivity index (χ0n) is 12.2. The average Bonchev–Trinajstić information content (AvgIpc) is 2.86. The molecule has 0 aliphatic rings. The molecule has 0 aliphatic carbocycles. The number of carbonyl (C=O) groups is 1. The van der Waals surface area contributed by atoms with Gasteiger partial charge >= 0.3 is 5.97 Å². The molecule has 112 valence electrons. The quantitative estimate of drug-likeness (QED) is 0.807. The summed E-state index contributed by atoms with van der Waals surface area (Å²) >= 11 is 1.39. The van der Waals surface area contributed by atoms with E-state index in [-0.39, 0.29) is 12.1 Å². The third-order valence-electron chi connectivity index (χ3n) is 3.54. The first-order valence-corrected chi connectivity index (χ1v) is 7.61. The maximum absolute atomic E-state index is 12.6. The van der Waals surface area contributed by atoms with Crippen molar-refractivity contribution in [2.75, 3.05) is 0 Å². The van der Waals surface area contributed by atoms with E-state index in [2.05, 4.69) is 11.1 Å². The Hall–Kier alpha value is -2.47. The molecule has 0 unspecified atom stereocenters. The largest absolute Gasteiger partial charge is 0.480 e. The van der Waals surface area contributed by atoms with Crippen LogP contribution in [0.15, 0.2) is 34.7 Å². The van der Waals surface area contributed by atoms with E-state index in [9.17, 15) is 9.59 Å². The number of carboxylic acids is 1. The third kappa shape index (κ3) is 2.42. The first-order valence-electron chi connectivity index (χ1n) is 6.73. The van der Waals surface area contributed by atoms with Crippen LogP contribution >= 0.6 is 11.3 Å². The molecule has 0 atom stereocenters. The number of thiophene rings is 1. The summed E-state index contributed by atoms with van der Waals surface area (Å²) in [5.41, 5.74) is 3.71. The van der Waals surface area contributed by atoms with Gasteiger partial charge < -0.3 is 5.11 Å². The molecule has 6 heteroatoms. The number of hydrogen-bond donors (Lipinski definition) is 1. The predicted molar refractivity (Wildman–Crippen MR) is 86.4 cm³/mol. The zero-order chi connectivity index (χ0) is 15.9. The van der Waals surface area contributed by atoms with E-state index < -0.39 is 5.97 Å². The van der Waals surface area contributed by atoms with Crippen LogP contribution in [0.1, 0.15) is 11.1 Å². The molecule has 3 aromatic rings. The van der Waals surface area contributed by atoms with Gasteiger partial charge in [0.15, 0.2) is 0 Å². The number of aromatic nitrogens is 2. The Kier molecular flexibility index (Phi) is 3.54. The highest BCUT2D eigenvalue weighted by atomic mass is 32.1. The maximum Gasteiger partial charge on any atom is 0.323 e. The van der Waals surface area contributed by atoms with Gasteiger partial charge in [0.25, 0.3) is 5.56 Å². The Balaban J connectivity index is 2.27. The molecular formula is C16H14N2O3S. The van der Waals surface area contributed by atoms with Gasteiger partial charge in [0.05, 0.1) is 11.7 Å². The molecule has 0 radical (unpaired) electrons. The molecule has 2 aromatic heterocycles. The van der Waals surface area contributed by atoms with Crippen molar-refractivity contribution in [3.63, 3.8) is 0 Å². The lowest BCUT2D eigenvalue weighted by Crippen LogP contribution is -2.24. The Morgan fingerprint density at radius 1 is 1.32 bits per heavy atom. The second kappa shape index (κ2) is 5.38. The number of hydrogen-bond acceptors (Lipinski definition) is 4. The molecule has 0 spiro atoms. The number of aliphatic carboxylic acids is 1. The minimum Gasteiger partial charge on any atom is -0.480 e. The summed E-state index contributed by atoms with van der Waals surface area (Å²) in [6.07, 6.45) is 1.29. The van der Waals surface area contributed by atoms with Crippen molar-refractivity contribution in [1.82, 2.24) is 9.55 Å². The number of carboxylic acid groups (broad SMARTS) is 1. The first-order chi connectivity index (χ1) is 10.5. The molecule has 0 fully saturated rings. The topological polar surface area (TPSA) is 72.2 Å². The molecule has 0 bridgehead atoms. The van der Waals surface area contributed by atoms with Crippen molar-refractivity contribution in [2.24, 2.45) is 0 Å². The number of fused-ring (bicyclic) bond motifs is 1. The monoisotopic (exact) mass is 314 g/mol. The highest BCUT2D eigenvalue weighted by Gasteiger charge is 2.15. The Morgan fingerprint density at radius 2 is 2.09 bits per heavy atom. The van der Waals surface area contributed by atoms with Crippen molar-refractivity contribution >= 4 is 27.5 Å². The lowest BCUT2D eigenvalue weighted by molar-refractivity contribution is -0.137. The van der Waals surface area contributed by atoms with Gasteiger partial charge in [0.1, 0.15) is 11.4 Å². The molecule has 0 saturated heterocycles. The summed E-state index contributed by atoms with van der Waals surface area (Å²) in [6, 6.07) is 6.04. The average molecular weight is 314 g/mol. The molecule has 0 amide bonds. The van der Waals surface area contributed by atoms with Crippen LogP contribution in [0.4, 0.5) is 0 Å². The van der Waals surface area contributed by atoms with Gasteiger partial charge in [-0.2, -0.15) is 0 Å². The molecule has 0 saturated carbocycles. The molecule has 2 heterocycles. The predicted octanol–water partition coefficient (Wildman–Crippen LogP) is 2.83. The van der Waals surface area contributed by atoms with Crippen LogP contribution in [0, 0.1) is 13.8 Å². The van der Waals surface area contributed by atoms with E-state index >= 15 is 0 Å². The van der Waals surface area contributed by atoms with Crippen molar-refractivity contribution in [1.29, 1.82) is 0 Å². The van der Waals surface area contributed by atoms with Gasteiger partial charge in [-0.15, -0.1) is 11.3 Å². The van der Waals surface area contributed by atoms with Gasteiger partial charge in [-0.05, 0) is 25.0 Å². The van der Waals surface area contributed by atoms with Crippen LogP contribution in [0.3, 0.4) is 0 Å². The van der Waals surface area contributed by atoms with Gasteiger partial charge in [0.2, 0.25) is 0 Å². The van der Waals surface area contributed by atoms with E-state index in [0.717, 1.165) is 26.8 Å². The summed E-state index contributed by atoms with van der Waals surface area (Å²) in [7, 11) is 0. The normalized spacial score (nSPS) is 11.0. The van der Waals surface area contributed by atoms with E-state index in [1.165, 1.54) is 17.7 Å². The highest BCUT2D eigenvalue weighted by Crippen LogP contribution is 2.32. The van der Waals surface area contributed by atoms with E-state index in [0.29, 0.717) is 10.2 Å². The van der Waals surface area contributed by atoms with Gasteiger partial charge in [-0.25, -0.2) is 4.98 Å². The molecule has 5 nitrogen and oxygen atoms in total. The van der Waals surface area contributed by atoms with Crippen molar-refractivity contribution < 1.29 is 9.90 Å². The lowest BCUT2D eigenvalue weighted by Gasteiger charge is -2.07. The van der Waals surface area contributed by atoms with E-state index in [1.54, 1.807) is 0 Å². The molecule has 1 N–H and O–H groups in total. The summed E-state index contributed by atoms with van der Waals surface area (Å²) in [4.78, 5) is 28.3. The second-order valence-corrected chi connectivity index (χ2v) is 6.08. The fourth-order valence-corrected chi connectivity index (χ4v) is 3.44. The fraction of sp³-hybridized carbons (Fsp3) is 0.188. The minimum absolute atomic E-state index is 0.316. The molecule has 3 rings (SSSR count). The van der Waals surface area contributed by atoms with Crippen molar-refractivity contribution in [2.45, 2.75) is 20.4 Å². The fourth-order valence-electron chi connectivity index (χ4n) is 2.54. The minimum atomic E-state index is -1.06. The van der Waals surface area contributed by atoms with E-state index in [4.69, 9.17) is 5.11 Å². The summed E-state index contributed by atoms with van der Waals surface area (Å²) in [6.45, 7) is 3.63. The summed E-state index contributed by atoms with van der Waals surface area (Å²) in [5.74, 6) is -1.06. The lowest BCUT2D eigenvalue weighted by atomic mass is 9.99. The molecule has 1 aromatic carbocycles. The number of aryl methyl sites for hydroxylation is 2. The van der Waals surface area contributed by atoms with Crippen LogP contribution in [-0.4, -0.2) is 20.6 Å².